The van der Waals surface area contributed by atoms with Crippen molar-refractivity contribution in [2.45, 2.75) is 25.6 Å². The van der Waals surface area contributed by atoms with E-state index in [0.29, 0.717) is 6.04 Å². The van der Waals surface area contributed by atoms with Gasteiger partial charge in [-0.1, -0.05) is 67.6 Å². The summed E-state index contributed by atoms with van der Waals surface area (Å²) in [7, 11) is 0. The molecule has 18 heavy (non-hydrogen) atoms. The van der Waals surface area contributed by atoms with Crippen LogP contribution in [0.1, 0.15) is 36.7 Å². The van der Waals surface area contributed by atoms with Crippen molar-refractivity contribution < 1.29 is 0 Å². The average molecular weight is 240 g/mol. The van der Waals surface area contributed by atoms with Gasteiger partial charge in [0.1, 0.15) is 0 Å². The van der Waals surface area contributed by atoms with E-state index in [1.165, 1.54) is 5.56 Å². The topological polar surface area (TPSA) is 38.0 Å². The van der Waals surface area contributed by atoms with Gasteiger partial charge < -0.3 is 5.73 Å². The molecule has 2 atom stereocenters. The summed E-state index contributed by atoms with van der Waals surface area (Å²) in [6.45, 7) is 2.17. The maximum Gasteiger partial charge on any atom is 0.0814 e. The van der Waals surface area contributed by atoms with Crippen LogP contribution in [0, 0.1) is 0 Å². The van der Waals surface area contributed by atoms with Crippen LogP contribution >= 0.6 is 0 Å². The molecular formula is C16H20N2. The summed E-state index contributed by atoms with van der Waals surface area (Å²) < 4.78 is 0. The molecule has 94 valence electrons. The lowest BCUT2D eigenvalue weighted by Gasteiger charge is -2.23. The maximum atomic E-state index is 6.20. The molecule has 2 heteroatoms. The van der Waals surface area contributed by atoms with Gasteiger partial charge in [-0.3, -0.25) is 5.32 Å². The Labute approximate surface area is 109 Å². The van der Waals surface area contributed by atoms with E-state index in [1.807, 2.05) is 24.3 Å². The number of rotatable bonds is 5. The molecule has 2 nitrogen and oxygen atoms in total. The minimum Gasteiger partial charge on any atom is -0.312 e. The molecule has 2 unspecified atom stereocenters. The van der Waals surface area contributed by atoms with Crippen LogP contribution in [0.4, 0.5) is 0 Å². The molecule has 0 radical (unpaired) electrons. The summed E-state index contributed by atoms with van der Waals surface area (Å²) >= 11 is 0. The second-order valence-corrected chi connectivity index (χ2v) is 4.43. The first-order chi connectivity index (χ1) is 8.81. The molecule has 0 aromatic heterocycles. The molecule has 0 saturated carbocycles. The normalized spacial score (nSPS) is 14.1. The van der Waals surface area contributed by atoms with Crippen molar-refractivity contribution in [1.82, 2.24) is 5.32 Å². The Balaban J connectivity index is 2.07. The van der Waals surface area contributed by atoms with E-state index in [2.05, 4.69) is 48.6 Å². The van der Waals surface area contributed by atoms with Gasteiger partial charge in [-0.2, -0.15) is 0 Å². The molecule has 2 aromatic rings. The third-order valence-corrected chi connectivity index (χ3v) is 3.15. The Kier molecular flexibility index (Phi) is 4.51. The van der Waals surface area contributed by atoms with Gasteiger partial charge in [0.2, 0.25) is 0 Å². The standard InChI is InChI=1S/C16H20N2/c1-2-15(13-9-5-3-6-10-13)18-16(17)14-11-7-4-8-12-14/h3-12,15-16,18H,2,17H2,1H3. The van der Waals surface area contributed by atoms with Gasteiger partial charge in [0.05, 0.1) is 6.17 Å². The highest BCUT2D eigenvalue weighted by atomic mass is 15.0. The molecule has 0 heterocycles. The van der Waals surface area contributed by atoms with Crippen LogP contribution in [-0.4, -0.2) is 0 Å². The minimum atomic E-state index is -0.128. The fourth-order valence-electron chi connectivity index (χ4n) is 2.11. The highest BCUT2D eigenvalue weighted by Gasteiger charge is 2.13. The predicted molar refractivity (Wildman–Crippen MR) is 76.0 cm³/mol. The molecule has 0 aliphatic carbocycles. The number of hydrogen-bond donors (Lipinski definition) is 2. The second kappa shape index (κ2) is 6.34. The van der Waals surface area contributed by atoms with Crippen molar-refractivity contribution in [2.75, 3.05) is 0 Å². The van der Waals surface area contributed by atoms with E-state index >= 15 is 0 Å². The molecule has 0 aliphatic heterocycles. The Morgan fingerprint density at radius 3 is 1.89 bits per heavy atom. The van der Waals surface area contributed by atoms with E-state index in [-0.39, 0.29) is 6.17 Å². The average Bonchev–Trinajstić information content (AvgIpc) is 2.46. The summed E-state index contributed by atoms with van der Waals surface area (Å²) in [5, 5.41) is 3.48. The van der Waals surface area contributed by atoms with Gasteiger partial charge >= 0.3 is 0 Å². The van der Waals surface area contributed by atoms with Crippen molar-refractivity contribution in [3.8, 4) is 0 Å². The lowest BCUT2D eigenvalue weighted by atomic mass is 10.0. The molecule has 0 aliphatic rings. The molecular weight excluding hydrogens is 220 g/mol. The van der Waals surface area contributed by atoms with Gasteiger partial charge in [-0.15, -0.1) is 0 Å². The van der Waals surface area contributed by atoms with Gasteiger partial charge in [0.25, 0.3) is 0 Å². The number of nitrogens with two attached hydrogens (primary N) is 1. The first-order valence-corrected chi connectivity index (χ1v) is 6.42. The molecule has 0 bridgehead atoms. The SMILES string of the molecule is CCC(NC(N)c1ccccc1)c1ccccc1. The molecule has 0 amide bonds. The first-order valence-electron chi connectivity index (χ1n) is 6.42. The van der Waals surface area contributed by atoms with Crippen molar-refractivity contribution in [1.29, 1.82) is 0 Å². The summed E-state index contributed by atoms with van der Waals surface area (Å²) in [6, 6.07) is 20.9. The summed E-state index contributed by atoms with van der Waals surface area (Å²) in [5.74, 6) is 0. The Morgan fingerprint density at radius 1 is 0.889 bits per heavy atom. The number of benzene rings is 2. The lowest BCUT2D eigenvalue weighted by Crippen LogP contribution is -2.32. The zero-order valence-electron chi connectivity index (χ0n) is 10.7. The van der Waals surface area contributed by atoms with Gasteiger partial charge in [0.15, 0.2) is 0 Å². The number of nitrogens with one attached hydrogen (secondary N) is 1. The molecule has 3 N–H and O–H groups in total. The van der Waals surface area contributed by atoms with E-state index < -0.39 is 0 Å². The fraction of sp³-hybridized carbons (Fsp3) is 0.250. The highest BCUT2D eigenvalue weighted by Crippen LogP contribution is 2.19. The molecule has 0 fully saturated rings. The zero-order chi connectivity index (χ0) is 12.8. The van der Waals surface area contributed by atoms with Crippen LogP contribution < -0.4 is 11.1 Å². The van der Waals surface area contributed by atoms with Crippen LogP contribution in [-0.2, 0) is 0 Å². The molecule has 0 saturated heterocycles. The fourth-order valence-corrected chi connectivity index (χ4v) is 2.11. The van der Waals surface area contributed by atoms with Crippen LogP contribution in [0.2, 0.25) is 0 Å². The van der Waals surface area contributed by atoms with Crippen LogP contribution in [0.15, 0.2) is 60.7 Å². The predicted octanol–water partition coefficient (Wildman–Crippen LogP) is 3.38. The van der Waals surface area contributed by atoms with Gasteiger partial charge in [-0.05, 0) is 17.5 Å². The van der Waals surface area contributed by atoms with Crippen LogP contribution in [0.5, 0.6) is 0 Å². The Bertz CT molecular complexity index is 453. The van der Waals surface area contributed by atoms with E-state index in [9.17, 15) is 0 Å². The lowest BCUT2D eigenvalue weighted by molar-refractivity contribution is 0.443. The number of hydrogen-bond acceptors (Lipinski definition) is 2. The molecule has 0 spiro atoms. The summed E-state index contributed by atoms with van der Waals surface area (Å²) in [5.41, 5.74) is 8.60. The molecule has 2 aromatic carbocycles. The molecule has 2 rings (SSSR count). The van der Waals surface area contributed by atoms with Crippen LogP contribution in [0.25, 0.3) is 0 Å². The van der Waals surface area contributed by atoms with E-state index in [0.717, 1.165) is 12.0 Å². The Hall–Kier alpha value is -1.64. The van der Waals surface area contributed by atoms with Crippen molar-refractivity contribution in [3.63, 3.8) is 0 Å². The smallest absolute Gasteiger partial charge is 0.0814 e. The van der Waals surface area contributed by atoms with Crippen molar-refractivity contribution >= 4 is 0 Å². The minimum absolute atomic E-state index is 0.128. The summed E-state index contributed by atoms with van der Waals surface area (Å²) in [6.07, 6.45) is 0.890. The third kappa shape index (κ3) is 3.19. The Morgan fingerprint density at radius 2 is 1.39 bits per heavy atom. The van der Waals surface area contributed by atoms with E-state index in [1.54, 1.807) is 0 Å². The van der Waals surface area contributed by atoms with Crippen molar-refractivity contribution in [3.05, 3.63) is 71.8 Å². The highest BCUT2D eigenvalue weighted by molar-refractivity contribution is 5.21. The van der Waals surface area contributed by atoms with Crippen LogP contribution in [0.3, 0.4) is 0 Å². The zero-order valence-corrected chi connectivity index (χ0v) is 10.7. The monoisotopic (exact) mass is 240 g/mol. The largest absolute Gasteiger partial charge is 0.312 e. The first kappa shape index (κ1) is 12.8. The van der Waals surface area contributed by atoms with Gasteiger partial charge in [-0.25, -0.2) is 0 Å². The second-order valence-electron chi connectivity index (χ2n) is 4.43. The quantitative estimate of drug-likeness (QED) is 0.786. The maximum absolute atomic E-state index is 6.20. The van der Waals surface area contributed by atoms with Crippen molar-refractivity contribution in [2.24, 2.45) is 5.73 Å². The summed E-state index contributed by atoms with van der Waals surface area (Å²) in [4.78, 5) is 0. The van der Waals surface area contributed by atoms with Gasteiger partial charge in [0, 0.05) is 6.04 Å². The third-order valence-electron chi connectivity index (χ3n) is 3.15. The van der Waals surface area contributed by atoms with E-state index in [4.69, 9.17) is 5.73 Å².